The Morgan fingerprint density at radius 3 is 2.79 bits per heavy atom. The largest absolute Gasteiger partial charge is 0.236 e. The second kappa shape index (κ2) is 4.11. The fourth-order valence-electron chi connectivity index (χ4n) is 1.14. The van der Waals surface area contributed by atoms with E-state index in [9.17, 15) is 0 Å². The van der Waals surface area contributed by atoms with Crippen LogP contribution in [-0.4, -0.2) is 14.8 Å². The highest BCUT2D eigenvalue weighted by molar-refractivity contribution is 9.10. The number of benzene rings is 1. The summed E-state index contributed by atoms with van der Waals surface area (Å²) in [6.45, 7) is 0.625. The molecule has 0 N–H and O–H groups in total. The molecule has 0 aliphatic rings. The molecule has 0 fully saturated rings. The van der Waals surface area contributed by atoms with E-state index < -0.39 is 0 Å². The summed E-state index contributed by atoms with van der Waals surface area (Å²) in [4.78, 5) is 3.97. The Morgan fingerprint density at radius 1 is 1.36 bits per heavy atom. The monoisotopic (exact) mass is 271 g/mol. The molecule has 0 atom stereocenters. The normalized spacial score (nSPS) is 10.4. The summed E-state index contributed by atoms with van der Waals surface area (Å²) in [5.41, 5.74) is 1.03. The van der Waals surface area contributed by atoms with Crippen molar-refractivity contribution >= 4 is 27.5 Å². The van der Waals surface area contributed by atoms with Crippen molar-refractivity contribution < 1.29 is 0 Å². The van der Waals surface area contributed by atoms with E-state index in [-0.39, 0.29) is 0 Å². The first kappa shape index (κ1) is 9.68. The van der Waals surface area contributed by atoms with Crippen molar-refractivity contribution in [3.05, 3.63) is 45.9 Å². The van der Waals surface area contributed by atoms with Crippen LogP contribution in [0.25, 0.3) is 0 Å². The number of hydrogen-bond acceptors (Lipinski definition) is 2. The van der Waals surface area contributed by atoms with Crippen molar-refractivity contribution in [3.63, 3.8) is 0 Å². The smallest absolute Gasteiger partial charge is 0.195 e. The SMILES string of the molecule is Clc1ccccc1Cn1ncnc1Br. The van der Waals surface area contributed by atoms with E-state index in [0.29, 0.717) is 11.3 Å². The van der Waals surface area contributed by atoms with Gasteiger partial charge in [0, 0.05) is 5.02 Å². The van der Waals surface area contributed by atoms with Crippen LogP contribution in [0.15, 0.2) is 35.3 Å². The lowest BCUT2D eigenvalue weighted by Gasteiger charge is -2.04. The molecule has 0 bridgehead atoms. The van der Waals surface area contributed by atoms with Gasteiger partial charge in [-0.05, 0) is 27.6 Å². The molecule has 14 heavy (non-hydrogen) atoms. The van der Waals surface area contributed by atoms with E-state index in [1.807, 2.05) is 24.3 Å². The first-order valence-electron chi connectivity index (χ1n) is 4.04. The summed E-state index contributed by atoms with van der Waals surface area (Å²) in [6, 6.07) is 7.69. The molecule has 5 heteroatoms. The highest BCUT2D eigenvalue weighted by Crippen LogP contribution is 2.17. The van der Waals surface area contributed by atoms with E-state index in [0.717, 1.165) is 10.6 Å². The molecular formula is C9H7BrClN3. The molecule has 3 nitrogen and oxygen atoms in total. The maximum atomic E-state index is 6.02. The van der Waals surface area contributed by atoms with Gasteiger partial charge in [0.25, 0.3) is 0 Å². The molecule has 0 saturated carbocycles. The number of aromatic nitrogens is 3. The van der Waals surface area contributed by atoms with Gasteiger partial charge in [0.05, 0.1) is 6.54 Å². The van der Waals surface area contributed by atoms with Crippen LogP contribution < -0.4 is 0 Å². The van der Waals surface area contributed by atoms with Crippen molar-refractivity contribution in [2.45, 2.75) is 6.54 Å². The van der Waals surface area contributed by atoms with Crippen LogP contribution in [0.4, 0.5) is 0 Å². The van der Waals surface area contributed by atoms with Crippen molar-refractivity contribution in [1.82, 2.24) is 14.8 Å². The summed E-state index contributed by atoms with van der Waals surface area (Å²) < 4.78 is 2.44. The third kappa shape index (κ3) is 1.96. The van der Waals surface area contributed by atoms with Crippen LogP contribution >= 0.6 is 27.5 Å². The summed E-state index contributed by atoms with van der Waals surface area (Å²) in [5.74, 6) is 0. The molecule has 1 heterocycles. The van der Waals surface area contributed by atoms with Gasteiger partial charge < -0.3 is 0 Å². The molecule has 0 unspecified atom stereocenters. The molecule has 1 aromatic heterocycles. The summed E-state index contributed by atoms with van der Waals surface area (Å²) >= 11 is 9.31. The van der Waals surface area contributed by atoms with Crippen LogP contribution in [0.3, 0.4) is 0 Å². The van der Waals surface area contributed by atoms with Crippen molar-refractivity contribution in [1.29, 1.82) is 0 Å². The molecule has 0 aliphatic heterocycles. The summed E-state index contributed by atoms with van der Waals surface area (Å²) in [6.07, 6.45) is 1.50. The fraction of sp³-hybridized carbons (Fsp3) is 0.111. The van der Waals surface area contributed by atoms with Crippen molar-refractivity contribution in [2.24, 2.45) is 0 Å². The first-order chi connectivity index (χ1) is 6.77. The molecule has 0 spiro atoms. The van der Waals surface area contributed by atoms with E-state index in [2.05, 4.69) is 26.0 Å². The lowest BCUT2D eigenvalue weighted by atomic mass is 10.2. The highest BCUT2D eigenvalue weighted by atomic mass is 79.9. The Morgan fingerprint density at radius 2 is 2.14 bits per heavy atom. The Bertz CT molecular complexity index is 441. The van der Waals surface area contributed by atoms with Gasteiger partial charge >= 0.3 is 0 Å². The third-order valence-corrected chi connectivity index (χ3v) is 2.83. The molecule has 0 aliphatic carbocycles. The van der Waals surface area contributed by atoms with Crippen LogP contribution in [0.5, 0.6) is 0 Å². The zero-order valence-corrected chi connectivity index (χ0v) is 9.53. The lowest BCUT2D eigenvalue weighted by molar-refractivity contribution is 0.668. The minimum atomic E-state index is 0.625. The highest BCUT2D eigenvalue weighted by Gasteiger charge is 2.03. The average molecular weight is 273 g/mol. The molecule has 2 rings (SSSR count). The minimum absolute atomic E-state index is 0.625. The van der Waals surface area contributed by atoms with Crippen molar-refractivity contribution in [3.8, 4) is 0 Å². The maximum absolute atomic E-state index is 6.02. The Balaban J connectivity index is 2.28. The van der Waals surface area contributed by atoms with Crippen LogP contribution in [0.2, 0.25) is 5.02 Å². The summed E-state index contributed by atoms with van der Waals surface area (Å²) in [5, 5.41) is 4.80. The third-order valence-electron chi connectivity index (χ3n) is 1.85. The van der Waals surface area contributed by atoms with E-state index in [1.54, 1.807) is 4.68 Å². The molecule has 0 radical (unpaired) electrons. The van der Waals surface area contributed by atoms with Gasteiger partial charge in [-0.1, -0.05) is 29.8 Å². The van der Waals surface area contributed by atoms with E-state index in [4.69, 9.17) is 11.6 Å². The van der Waals surface area contributed by atoms with Gasteiger partial charge in [-0.25, -0.2) is 9.67 Å². The van der Waals surface area contributed by atoms with Gasteiger partial charge in [0.15, 0.2) is 4.73 Å². The van der Waals surface area contributed by atoms with Crippen LogP contribution in [0, 0.1) is 0 Å². The lowest BCUT2D eigenvalue weighted by Crippen LogP contribution is -2.02. The second-order valence-corrected chi connectivity index (χ2v) is 3.89. The number of nitrogens with zero attached hydrogens (tertiary/aromatic N) is 3. The Kier molecular flexibility index (Phi) is 2.84. The second-order valence-electron chi connectivity index (χ2n) is 2.78. The quantitative estimate of drug-likeness (QED) is 0.841. The van der Waals surface area contributed by atoms with Crippen molar-refractivity contribution in [2.75, 3.05) is 0 Å². The predicted molar refractivity (Wildman–Crippen MR) is 58.3 cm³/mol. The Labute approximate surface area is 94.9 Å². The molecule has 72 valence electrons. The molecule has 0 saturated heterocycles. The van der Waals surface area contributed by atoms with Gasteiger partial charge in [0.1, 0.15) is 6.33 Å². The minimum Gasteiger partial charge on any atom is -0.236 e. The number of hydrogen-bond donors (Lipinski definition) is 0. The van der Waals surface area contributed by atoms with E-state index in [1.165, 1.54) is 6.33 Å². The standard InChI is InChI=1S/C9H7BrClN3/c10-9-12-6-13-14(9)5-7-3-1-2-4-8(7)11/h1-4,6H,5H2. The van der Waals surface area contributed by atoms with Crippen LogP contribution in [0.1, 0.15) is 5.56 Å². The topological polar surface area (TPSA) is 30.7 Å². The first-order valence-corrected chi connectivity index (χ1v) is 5.21. The molecule has 1 aromatic carbocycles. The summed E-state index contributed by atoms with van der Waals surface area (Å²) in [7, 11) is 0. The maximum Gasteiger partial charge on any atom is 0.195 e. The Hall–Kier alpha value is -0.870. The fourth-order valence-corrected chi connectivity index (χ4v) is 1.65. The average Bonchev–Trinajstić information content (AvgIpc) is 2.56. The predicted octanol–water partition coefficient (Wildman–Crippen LogP) is 2.74. The van der Waals surface area contributed by atoms with Crippen LogP contribution in [-0.2, 0) is 6.54 Å². The van der Waals surface area contributed by atoms with Gasteiger partial charge in [-0.3, -0.25) is 0 Å². The van der Waals surface area contributed by atoms with Gasteiger partial charge in [-0.15, -0.1) is 0 Å². The van der Waals surface area contributed by atoms with E-state index >= 15 is 0 Å². The van der Waals surface area contributed by atoms with Gasteiger partial charge in [0.2, 0.25) is 0 Å². The molecule has 0 amide bonds. The zero-order valence-electron chi connectivity index (χ0n) is 7.19. The molecular weight excluding hydrogens is 265 g/mol. The molecule has 2 aromatic rings. The zero-order chi connectivity index (χ0) is 9.97. The number of rotatable bonds is 2. The number of halogens is 2. The van der Waals surface area contributed by atoms with Gasteiger partial charge in [-0.2, -0.15) is 5.10 Å².